The maximum atomic E-state index is 13.6. The molecule has 12 nitrogen and oxygen atoms in total. The van der Waals surface area contributed by atoms with Crippen molar-refractivity contribution in [2.75, 3.05) is 13.1 Å². The number of aromatic nitrogens is 6. The average Bonchev–Trinajstić information content (AvgIpc) is 3.75. The van der Waals surface area contributed by atoms with Crippen molar-refractivity contribution >= 4 is 98.7 Å². The first-order valence-electron chi connectivity index (χ1n) is 15.1. The smallest absolute Gasteiger partial charge is 0.307 e. The largest absolute Gasteiger partial charge is 0.481 e. The summed E-state index contributed by atoms with van der Waals surface area (Å²) in [6.45, 7) is 4.15. The summed E-state index contributed by atoms with van der Waals surface area (Å²) in [6, 6.07) is 1.93. The molecule has 27 heteroatoms. The Labute approximate surface area is 392 Å². The van der Waals surface area contributed by atoms with E-state index in [-0.39, 0.29) is 51.5 Å². The topological polar surface area (TPSA) is 151 Å². The fraction of sp³-hybridized carbons (Fsp3) is 0.344. The van der Waals surface area contributed by atoms with Gasteiger partial charge in [-0.3, -0.25) is 9.59 Å². The number of aliphatic hydroxyl groups is 1. The SMILES string of the molecule is C.Cc1nnc2n1CCN(C(=O)C=C(O)Cc1cc(F)c(F)cc1F)C2.Cl.FC(F)(F)c1nnc2n1CCNC2.II.I[I-]I.O=C(O)Cc1cc(F)c(F)cc1F.[CH3+]. The van der Waals surface area contributed by atoms with Crippen LogP contribution in [0.25, 0.3) is 0 Å². The third-order valence-electron chi connectivity index (χ3n) is 7.31. The molecule has 332 valence electrons. The van der Waals surface area contributed by atoms with Crippen LogP contribution in [-0.2, 0) is 54.8 Å². The number of carboxylic acid groups (broad SMARTS) is 1. The summed E-state index contributed by atoms with van der Waals surface area (Å²) in [7, 11) is 0. The maximum absolute atomic E-state index is 13.6. The first kappa shape index (κ1) is 59.4. The summed E-state index contributed by atoms with van der Waals surface area (Å²) >= 11 is 9.54. The molecule has 2 aliphatic rings. The number of benzene rings is 2. The molecule has 2 aromatic carbocycles. The minimum atomic E-state index is -4.40. The standard InChI is InChI=1S/C16H15F3N4O2.C8H5F3O2.C6H7F3N4.CH4.CH3.ClH.I3.I2/c1-9-20-21-15-8-22(2-3-23(9)15)16(25)6-11(24)4-10-5-13(18)14(19)7-12(10)17;9-5-3-7(11)6(10)1-4(5)2-8(12)13;7-6(8,9)5-12-11-4-3-10-1-2-13(4)5;;;;1-3-2;1-2/h5-7,24H,2-4,8H2,1H3;1,3H,2H2,(H,12,13);10H,1-3H2;1H4;1H3;1H;;/q;;;;+1;;-1;. The van der Waals surface area contributed by atoms with E-state index in [9.17, 15) is 54.2 Å². The molecule has 0 saturated heterocycles. The molecule has 0 spiro atoms. The monoisotopic (exact) mass is 1440 g/mol. The van der Waals surface area contributed by atoms with Crippen molar-refractivity contribution in [3.8, 4) is 0 Å². The number of nitrogens with one attached hydrogen (secondary N) is 1. The van der Waals surface area contributed by atoms with Crippen LogP contribution in [0.3, 0.4) is 0 Å². The second kappa shape index (κ2) is 28.8. The molecule has 59 heavy (non-hydrogen) atoms. The molecule has 0 fully saturated rings. The van der Waals surface area contributed by atoms with E-state index in [1.54, 1.807) is 0 Å². The van der Waals surface area contributed by atoms with Crippen molar-refractivity contribution in [1.29, 1.82) is 0 Å². The molecule has 0 atom stereocenters. The average molecular weight is 1440 g/mol. The fourth-order valence-electron chi connectivity index (χ4n) is 4.83. The van der Waals surface area contributed by atoms with Crippen LogP contribution in [0.4, 0.5) is 39.5 Å². The summed E-state index contributed by atoms with van der Waals surface area (Å²) < 4.78 is 117. The first-order valence-corrected chi connectivity index (χ1v) is 34.0. The number of aryl methyl sites for hydroxylation is 1. The number of aliphatic carboxylic acids is 1. The minimum Gasteiger partial charge on any atom is -0.481 e. The number of carbonyl (C=O) groups excluding carboxylic acids is 1. The van der Waals surface area contributed by atoms with Gasteiger partial charge in [0.05, 0.1) is 19.5 Å². The van der Waals surface area contributed by atoms with Gasteiger partial charge in [-0.1, -0.05) is 7.43 Å². The zero-order valence-corrected chi connectivity index (χ0v) is 41.2. The van der Waals surface area contributed by atoms with E-state index in [1.807, 2.05) is 11.5 Å². The molecule has 0 saturated carbocycles. The summed E-state index contributed by atoms with van der Waals surface area (Å²) in [5.41, 5.74) is -0.610. The van der Waals surface area contributed by atoms with Gasteiger partial charge < -0.3 is 29.6 Å². The number of carbonyl (C=O) groups is 2. The first-order chi connectivity index (χ1) is 26.4. The number of aliphatic hydroxyl groups excluding tert-OH is 1. The molecule has 3 N–H and O–H groups in total. The number of hydrogen-bond acceptors (Lipinski definition) is 8. The van der Waals surface area contributed by atoms with Gasteiger partial charge in [0.2, 0.25) is 11.7 Å². The predicted molar refractivity (Wildman–Crippen MR) is 232 cm³/mol. The minimum absolute atomic E-state index is 0. The number of amides is 1. The van der Waals surface area contributed by atoms with Gasteiger partial charge in [0, 0.05) is 101 Å². The van der Waals surface area contributed by atoms with Gasteiger partial charge in [-0.05, 0) is 24.6 Å². The second-order valence-electron chi connectivity index (χ2n) is 11.0. The van der Waals surface area contributed by atoms with Gasteiger partial charge >= 0.3 is 62.6 Å². The molecule has 6 rings (SSSR count). The molecule has 2 aliphatic heterocycles. The van der Waals surface area contributed by atoms with Crippen molar-refractivity contribution in [3.05, 3.63) is 113 Å². The number of nitrogens with zero attached hydrogens (tertiary/aromatic N) is 7. The normalized spacial score (nSPS) is 12.6. The molecule has 4 heterocycles. The molecule has 2 aromatic heterocycles. The van der Waals surface area contributed by atoms with Gasteiger partial charge in [0.1, 0.15) is 29.0 Å². The van der Waals surface area contributed by atoms with E-state index in [1.165, 1.54) is 4.90 Å². The number of allylic oxidation sites excluding steroid dienone is 1. The number of halogens is 15. The molecular formula is C32H35ClF9I5N8O4. The number of carboxylic acids is 1. The fourth-order valence-corrected chi connectivity index (χ4v) is 4.83. The summed E-state index contributed by atoms with van der Waals surface area (Å²) in [4.78, 5) is 23.8. The van der Waals surface area contributed by atoms with Crippen LogP contribution in [0, 0.1) is 49.3 Å². The van der Waals surface area contributed by atoms with E-state index >= 15 is 0 Å². The Hall–Kier alpha value is -1.66. The second-order valence-corrected chi connectivity index (χ2v) is 27.2. The molecule has 0 aliphatic carbocycles. The molecular weight excluding hydrogens is 1400 g/mol. The number of hydrogen-bond donors (Lipinski definition) is 3. The quantitative estimate of drug-likeness (QED) is 0.0529. The Kier molecular flexibility index (Phi) is 29.1. The van der Waals surface area contributed by atoms with Gasteiger partial charge in [-0.2, -0.15) is 13.2 Å². The number of alkyl halides is 3. The molecule has 1 amide bonds. The van der Waals surface area contributed by atoms with E-state index < -0.39 is 77.4 Å². The Bertz CT molecular complexity index is 2000. The van der Waals surface area contributed by atoms with Crippen LogP contribution in [0.15, 0.2) is 36.1 Å². The summed E-state index contributed by atoms with van der Waals surface area (Å²) in [6.07, 6.45) is -4.54. The van der Waals surface area contributed by atoms with Crippen LogP contribution in [0.5, 0.6) is 0 Å². The number of rotatable bonds is 5. The number of fused-ring (bicyclic) bond motifs is 2. The molecule has 4 aromatic rings. The Morgan fingerprint density at radius 2 is 1.29 bits per heavy atom. The molecule has 0 unspecified atom stereocenters. The van der Waals surface area contributed by atoms with Crippen molar-refractivity contribution in [2.24, 2.45) is 0 Å². The third-order valence-corrected chi connectivity index (χ3v) is 7.31. The van der Waals surface area contributed by atoms with E-state index in [4.69, 9.17) is 5.11 Å². The van der Waals surface area contributed by atoms with Crippen molar-refractivity contribution in [3.63, 3.8) is 0 Å². The Morgan fingerprint density at radius 3 is 1.80 bits per heavy atom. The van der Waals surface area contributed by atoms with Crippen molar-refractivity contribution in [2.45, 2.75) is 59.5 Å². The predicted octanol–water partition coefficient (Wildman–Crippen LogP) is 6.22. The molecule has 0 bridgehead atoms. The van der Waals surface area contributed by atoms with Crippen molar-refractivity contribution < 1.29 is 72.6 Å². The van der Waals surface area contributed by atoms with Crippen LogP contribution in [-0.4, -0.2) is 69.6 Å². The summed E-state index contributed by atoms with van der Waals surface area (Å²) in [5.74, 6) is -8.54. The van der Waals surface area contributed by atoms with Crippen LogP contribution >= 0.6 is 86.9 Å². The Morgan fingerprint density at radius 1 is 0.797 bits per heavy atom. The zero-order chi connectivity index (χ0) is 42.3. The Balaban J connectivity index is 0. The van der Waals surface area contributed by atoms with Gasteiger partial charge in [0.25, 0.3) is 0 Å². The third kappa shape index (κ3) is 18.7. The van der Waals surface area contributed by atoms with Gasteiger partial charge in [-0.15, -0.1) is 32.8 Å². The van der Waals surface area contributed by atoms with Gasteiger partial charge in [-0.25, -0.2) is 26.3 Å². The van der Waals surface area contributed by atoms with Crippen LogP contribution in [0.2, 0.25) is 0 Å². The van der Waals surface area contributed by atoms with Crippen molar-refractivity contribution in [1.82, 2.24) is 39.7 Å². The molecule has 0 radical (unpaired) electrons. The van der Waals surface area contributed by atoms with Crippen LogP contribution in [0.1, 0.15) is 41.9 Å². The van der Waals surface area contributed by atoms with Gasteiger partial charge in [0.15, 0.2) is 29.1 Å². The summed E-state index contributed by atoms with van der Waals surface area (Å²) in [5, 5.41) is 35.6. The van der Waals surface area contributed by atoms with Crippen LogP contribution < -0.4 is 18.6 Å². The maximum Gasteiger partial charge on any atom is 0.307 e. The van der Waals surface area contributed by atoms with E-state index in [0.717, 1.165) is 16.5 Å². The zero-order valence-electron chi connectivity index (χ0n) is 29.6. The van der Waals surface area contributed by atoms with E-state index in [2.05, 4.69) is 100 Å². The van der Waals surface area contributed by atoms with E-state index in [0.29, 0.717) is 75.3 Å².